The van der Waals surface area contributed by atoms with Gasteiger partial charge < -0.3 is 24.4 Å². The van der Waals surface area contributed by atoms with Crippen LogP contribution in [0.15, 0.2) is 48.0 Å². The third kappa shape index (κ3) is 4.88. The zero-order valence-corrected chi connectivity index (χ0v) is 20.1. The van der Waals surface area contributed by atoms with E-state index in [0.717, 1.165) is 11.1 Å². The molecule has 1 heterocycles. The Labute approximate surface area is 195 Å². The fourth-order valence-corrected chi connectivity index (χ4v) is 4.04. The molecule has 0 radical (unpaired) electrons. The molecule has 7 heteroatoms. The molecule has 2 aromatic carbocycles. The predicted octanol–water partition coefficient (Wildman–Crippen LogP) is 3.81. The smallest absolute Gasteiger partial charge is 0.295 e. The van der Waals surface area contributed by atoms with E-state index in [4.69, 9.17) is 9.47 Å². The fraction of sp³-hybridized carbons (Fsp3) is 0.385. The largest absolute Gasteiger partial charge is 0.507 e. The summed E-state index contributed by atoms with van der Waals surface area (Å²) in [6.07, 6.45) is 0. The van der Waals surface area contributed by atoms with Crippen molar-refractivity contribution in [1.82, 2.24) is 9.80 Å². The van der Waals surface area contributed by atoms with Crippen molar-refractivity contribution in [3.63, 3.8) is 0 Å². The number of Topliss-reactive ketones (excluding diaryl/α,β-unsaturated/α-hetero) is 1. The number of carbonyl (C=O) groups excluding carboxylic acids is 2. The molecule has 0 saturated carbocycles. The zero-order chi connectivity index (χ0) is 24.3. The van der Waals surface area contributed by atoms with E-state index in [-0.39, 0.29) is 17.3 Å². The minimum absolute atomic E-state index is 0.0868. The van der Waals surface area contributed by atoms with Crippen LogP contribution < -0.4 is 9.47 Å². The summed E-state index contributed by atoms with van der Waals surface area (Å²) in [5.41, 5.74) is 2.20. The van der Waals surface area contributed by atoms with E-state index in [1.165, 1.54) is 4.90 Å². The van der Waals surface area contributed by atoms with Crippen molar-refractivity contribution in [1.29, 1.82) is 0 Å². The van der Waals surface area contributed by atoms with Gasteiger partial charge in [0.2, 0.25) is 0 Å². The molecule has 1 saturated heterocycles. The van der Waals surface area contributed by atoms with Crippen LogP contribution in [-0.4, -0.2) is 68.0 Å². The number of ether oxygens (including phenoxy) is 2. The highest BCUT2D eigenvalue weighted by Gasteiger charge is 2.45. The van der Waals surface area contributed by atoms with Crippen LogP contribution in [0.1, 0.15) is 42.5 Å². The third-order valence-corrected chi connectivity index (χ3v) is 5.88. The van der Waals surface area contributed by atoms with E-state index >= 15 is 0 Å². The van der Waals surface area contributed by atoms with Gasteiger partial charge in [-0.15, -0.1) is 0 Å². The highest BCUT2D eigenvalue weighted by atomic mass is 16.5. The average Bonchev–Trinajstić information content (AvgIpc) is 3.06. The van der Waals surface area contributed by atoms with Crippen molar-refractivity contribution in [2.45, 2.75) is 25.8 Å². The van der Waals surface area contributed by atoms with Crippen LogP contribution in [0.2, 0.25) is 0 Å². The number of hydrogen-bond donors (Lipinski definition) is 1. The molecule has 1 unspecified atom stereocenters. The van der Waals surface area contributed by atoms with Gasteiger partial charge in [0.15, 0.2) is 0 Å². The van der Waals surface area contributed by atoms with Gasteiger partial charge in [-0.2, -0.15) is 0 Å². The zero-order valence-electron chi connectivity index (χ0n) is 20.1. The molecular formula is C26H32N2O5. The van der Waals surface area contributed by atoms with Gasteiger partial charge in [-0.25, -0.2) is 0 Å². The summed E-state index contributed by atoms with van der Waals surface area (Å²) in [4.78, 5) is 29.6. The number of benzene rings is 2. The van der Waals surface area contributed by atoms with Crippen molar-refractivity contribution in [2.24, 2.45) is 0 Å². The van der Waals surface area contributed by atoms with Crippen LogP contribution in [-0.2, 0) is 9.59 Å². The van der Waals surface area contributed by atoms with E-state index < -0.39 is 17.7 Å². The maximum absolute atomic E-state index is 13.2. The summed E-state index contributed by atoms with van der Waals surface area (Å²) in [7, 11) is 6.99. The van der Waals surface area contributed by atoms with Gasteiger partial charge >= 0.3 is 0 Å². The Kier molecular flexibility index (Phi) is 7.43. The number of ketones is 1. The molecule has 1 aliphatic rings. The molecule has 7 nitrogen and oxygen atoms in total. The van der Waals surface area contributed by atoms with E-state index in [2.05, 4.69) is 0 Å². The van der Waals surface area contributed by atoms with Crippen LogP contribution in [0, 0.1) is 0 Å². The normalized spacial score (nSPS) is 17.8. The SMILES string of the molecule is COc1ccc(C2/C(=C(/O)c3ccc(OC)c(C(C)C)c3)C(=O)C(=O)N2CCN(C)C)cc1. The second-order valence-electron chi connectivity index (χ2n) is 8.68. The molecule has 1 aliphatic heterocycles. The quantitative estimate of drug-likeness (QED) is 0.373. The second-order valence-corrected chi connectivity index (χ2v) is 8.68. The summed E-state index contributed by atoms with van der Waals surface area (Å²) in [5.74, 6) is 0.0323. The number of aliphatic hydroxyl groups excluding tert-OH is 1. The maximum Gasteiger partial charge on any atom is 0.295 e. The molecule has 0 spiro atoms. The first kappa shape index (κ1) is 24.3. The molecule has 1 amide bonds. The molecule has 1 atom stereocenters. The van der Waals surface area contributed by atoms with Gasteiger partial charge in [-0.1, -0.05) is 26.0 Å². The van der Waals surface area contributed by atoms with Gasteiger partial charge in [0.05, 0.1) is 25.8 Å². The number of aliphatic hydroxyl groups is 1. The number of hydrogen-bond acceptors (Lipinski definition) is 6. The Balaban J connectivity index is 2.17. The van der Waals surface area contributed by atoms with Crippen LogP contribution >= 0.6 is 0 Å². The number of amides is 1. The monoisotopic (exact) mass is 452 g/mol. The number of rotatable bonds is 8. The minimum Gasteiger partial charge on any atom is -0.507 e. The molecule has 2 aromatic rings. The number of nitrogens with zero attached hydrogens (tertiary/aromatic N) is 2. The molecule has 0 bridgehead atoms. The number of methoxy groups -OCH3 is 2. The van der Waals surface area contributed by atoms with E-state index in [1.54, 1.807) is 38.5 Å². The van der Waals surface area contributed by atoms with Gasteiger partial charge in [-0.3, -0.25) is 9.59 Å². The summed E-state index contributed by atoms with van der Waals surface area (Å²) < 4.78 is 10.7. The van der Waals surface area contributed by atoms with Gasteiger partial charge in [0.25, 0.3) is 11.7 Å². The van der Waals surface area contributed by atoms with Crippen molar-refractivity contribution < 1.29 is 24.2 Å². The fourth-order valence-electron chi connectivity index (χ4n) is 4.04. The van der Waals surface area contributed by atoms with Crippen LogP contribution in [0.5, 0.6) is 11.5 Å². The van der Waals surface area contributed by atoms with Gasteiger partial charge in [0, 0.05) is 18.7 Å². The number of likely N-dealkylation sites (tertiary alicyclic amines) is 1. The standard InChI is InChI=1S/C26H32N2O5/c1-16(2)20-15-18(9-12-21(20)33-6)24(29)22-23(17-7-10-19(32-5)11-8-17)28(14-13-27(3)4)26(31)25(22)30/h7-12,15-16,23,29H,13-14H2,1-6H3/b24-22-. The Bertz CT molecular complexity index is 1060. The van der Waals surface area contributed by atoms with E-state index in [9.17, 15) is 14.7 Å². The third-order valence-electron chi connectivity index (χ3n) is 5.88. The molecular weight excluding hydrogens is 420 g/mol. The summed E-state index contributed by atoms with van der Waals surface area (Å²) in [5, 5.41) is 11.3. The minimum atomic E-state index is -0.694. The van der Waals surface area contributed by atoms with Crippen LogP contribution in [0.25, 0.3) is 5.76 Å². The molecule has 33 heavy (non-hydrogen) atoms. The average molecular weight is 453 g/mol. The Morgan fingerprint density at radius 1 is 1.06 bits per heavy atom. The molecule has 3 rings (SSSR count). The first-order valence-electron chi connectivity index (χ1n) is 10.9. The first-order valence-corrected chi connectivity index (χ1v) is 10.9. The second kappa shape index (κ2) is 10.1. The summed E-state index contributed by atoms with van der Waals surface area (Å²) >= 11 is 0. The topological polar surface area (TPSA) is 79.3 Å². The van der Waals surface area contributed by atoms with Gasteiger partial charge in [0.1, 0.15) is 17.3 Å². The van der Waals surface area contributed by atoms with Gasteiger partial charge in [-0.05, 0) is 61.5 Å². The van der Waals surface area contributed by atoms with Crippen LogP contribution in [0.3, 0.4) is 0 Å². The predicted molar refractivity (Wildman–Crippen MR) is 128 cm³/mol. The Morgan fingerprint density at radius 2 is 1.73 bits per heavy atom. The lowest BCUT2D eigenvalue weighted by Crippen LogP contribution is -2.35. The summed E-state index contributed by atoms with van der Waals surface area (Å²) in [6.45, 7) is 4.99. The van der Waals surface area contributed by atoms with Crippen molar-refractivity contribution in [3.05, 3.63) is 64.7 Å². The molecule has 0 aliphatic carbocycles. The highest BCUT2D eigenvalue weighted by Crippen LogP contribution is 2.40. The van der Waals surface area contributed by atoms with E-state index in [1.807, 2.05) is 51.0 Å². The Morgan fingerprint density at radius 3 is 2.27 bits per heavy atom. The highest BCUT2D eigenvalue weighted by molar-refractivity contribution is 6.46. The maximum atomic E-state index is 13.2. The van der Waals surface area contributed by atoms with Crippen LogP contribution in [0.4, 0.5) is 0 Å². The Hall–Kier alpha value is -3.32. The van der Waals surface area contributed by atoms with Crippen molar-refractivity contribution in [3.8, 4) is 11.5 Å². The van der Waals surface area contributed by atoms with Crippen molar-refractivity contribution in [2.75, 3.05) is 41.4 Å². The molecule has 0 aromatic heterocycles. The molecule has 1 N–H and O–H groups in total. The molecule has 1 fully saturated rings. The summed E-state index contributed by atoms with van der Waals surface area (Å²) in [6, 6.07) is 11.8. The van der Waals surface area contributed by atoms with E-state index in [0.29, 0.717) is 30.2 Å². The number of likely N-dealkylation sites (N-methyl/N-ethyl adjacent to an activating group) is 1. The lowest BCUT2D eigenvalue weighted by atomic mass is 9.93. The lowest BCUT2D eigenvalue weighted by molar-refractivity contribution is -0.140. The lowest BCUT2D eigenvalue weighted by Gasteiger charge is -2.26. The van der Waals surface area contributed by atoms with Crippen molar-refractivity contribution >= 4 is 17.4 Å². The number of carbonyl (C=O) groups is 2. The first-order chi connectivity index (χ1) is 15.7. The molecule has 176 valence electrons.